The second-order valence-corrected chi connectivity index (χ2v) is 5.96. The van der Waals surface area contributed by atoms with Gasteiger partial charge in [0.15, 0.2) is 5.15 Å². The summed E-state index contributed by atoms with van der Waals surface area (Å²) < 4.78 is 40.2. The van der Waals surface area contributed by atoms with Crippen LogP contribution in [0.15, 0.2) is 22.7 Å². The Labute approximate surface area is 134 Å². The van der Waals surface area contributed by atoms with Gasteiger partial charge in [0.1, 0.15) is 17.6 Å². The summed E-state index contributed by atoms with van der Waals surface area (Å²) in [5.41, 5.74) is 0.774. The Balaban J connectivity index is 2.47. The van der Waals surface area contributed by atoms with Crippen LogP contribution in [-0.2, 0) is 6.54 Å². The Morgan fingerprint density at radius 2 is 1.90 bits per heavy atom. The van der Waals surface area contributed by atoms with Gasteiger partial charge in [-0.15, -0.1) is 0 Å². The molecule has 0 saturated carbocycles. The first kappa shape index (κ1) is 14.9. The summed E-state index contributed by atoms with van der Waals surface area (Å²) >= 11 is 15.0. The van der Waals surface area contributed by atoms with E-state index in [4.69, 9.17) is 23.2 Å². The molecule has 1 aromatic carbocycles. The van der Waals surface area contributed by atoms with Gasteiger partial charge >= 0.3 is 6.18 Å². The van der Waals surface area contributed by atoms with E-state index in [0.717, 1.165) is 4.57 Å². The van der Waals surface area contributed by atoms with Gasteiger partial charge in [-0.05, 0) is 29.8 Å². The molecule has 0 saturated heterocycles. The molecule has 0 N–H and O–H groups in total. The number of hydrogen-bond donors (Lipinski definition) is 0. The van der Waals surface area contributed by atoms with E-state index < -0.39 is 12.7 Å². The minimum absolute atomic E-state index is 0.110. The van der Waals surface area contributed by atoms with Crippen molar-refractivity contribution in [2.24, 2.45) is 0 Å². The van der Waals surface area contributed by atoms with Gasteiger partial charge in [0.25, 0.3) is 0 Å². The largest absolute Gasteiger partial charge is 0.406 e. The lowest BCUT2D eigenvalue weighted by atomic mass is 10.2. The van der Waals surface area contributed by atoms with Crippen molar-refractivity contribution in [2.75, 3.05) is 0 Å². The zero-order chi connectivity index (χ0) is 15.4. The lowest BCUT2D eigenvalue weighted by Gasteiger charge is -2.10. The zero-order valence-electron chi connectivity index (χ0n) is 10.0. The Hall–Kier alpha value is -1.05. The van der Waals surface area contributed by atoms with Gasteiger partial charge in [-0.25, -0.2) is 9.97 Å². The molecule has 0 atom stereocenters. The maximum atomic E-state index is 12.8. The molecular formula is C12H5BrCl2F3N3. The van der Waals surface area contributed by atoms with Crippen molar-refractivity contribution in [3.8, 4) is 0 Å². The standard InChI is InChI=1S/C12H5BrCl2F3N3/c13-5-1-2-7-6(3-5)8-9(10(14)20-11(15)19-8)21(7)4-12(16,17)18/h1-3H,4H2. The van der Waals surface area contributed by atoms with Gasteiger partial charge in [0, 0.05) is 9.86 Å². The molecule has 21 heavy (non-hydrogen) atoms. The van der Waals surface area contributed by atoms with E-state index in [1.807, 2.05) is 0 Å². The highest BCUT2D eigenvalue weighted by Gasteiger charge is 2.31. The normalized spacial score (nSPS) is 12.5. The fourth-order valence-corrected chi connectivity index (χ4v) is 3.07. The molecule has 3 aromatic rings. The van der Waals surface area contributed by atoms with E-state index in [0.29, 0.717) is 20.9 Å². The van der Waals surface area contributed by atoms with Crippen LogP contribution in [0.3, 0.4) is 0 Å². The van der Waals surface area contributed by atoms with E-state index in [1.54, 1.807) is 18.2 Å². The van der Waals surface area contributed by atoms with Gasteiger partial charge in [0.05, 0.1) is 5.52 Å². The fourth-order valence-electron chi connectivity index (χ4n) is 2.23. The van der Waals surface area contributed by atoms with E-state index in [-0.39, 0.29) is 16.0 Å². The highest BCUT2D eigenvalue weighted by Crippen LogP contribution is 2.35. The molecule has 0 aliphatic rings. The predicted molar refractivity (Wildman–Crippen MR) is 78.8 cm³/mol. The number of alkyl halides is 3. The maximum absolute atomic E-state index is 12.8. The average molecular weight is 399 g/mol. The zero-order valence-corrected chi connectivity index (χ0v) is 13.1. The van der Waals surface area contributed by atoms with Crippen LogP contribution in [0.1, 0.15) is 0 Å². The molecule has 0 aliphatic heterocycles. The average Bonchev–Trinajstić information content (AvgIpc) is 2.61. The molecule has 3 rings (SSSR count). The minimum atomic E-state index is -4.39. The van der Waals surface area contributed by atoms with Crippen LogP contribution >= 0.6 is 39.1 Å². The van der Waals surface area contributed by atoms with Crippen molar-refractivity contribution in [3.63, 3.8) is 0 Å². The van der Waals surface area contributed by atoms with E-state index in [1.165, 1.54) is 0 Å². The highest BCUT2D eigenvalue weighted by atomic mass is 79.9. The van der Waals surface area contributed by atoms with E-state index >= 15 is 0 Å². The first-order valence-corrected chi connectivity index (χ1v) is 7.18. The molecule has 0 fully saturated rings. The number of nitrogens with zero attached hydrogens (tertiary/aromatic N) is 3. The van der Waals surface area contributed by atoms with Gasteiger partial charge in [-0.2, -0.15) is 13.2 Å². The number of benzene rings is 1. The van der Waals surface area contributed by atoms with Crippen molar-refractivity contribution >= 4 is 61.1 Å². The number of halogens is 6. The number of aromatic nitrogens is 3. The van der Waals surface area contributed by atoms with Crippen molar-refractivity contribution in [3.05, 3.63) is 33.1 Å². The Bertz CT molecular complexity index is 860. The quantitative estimate of drug-likeness (QED) is 0.415. The van der Waals surface area contributed by atoms with E-state index in [9.17, 15) is 13.2 Å². The van der Waals surface area contributed by atoms with Crippen molar-refractivity contribution in [1.29, 1.82) is 0 Å². The van der Waals surface area contributed by atoms with Crippen LogP contribution in [0.4, 0.5) is 13.2 Å². The monoisotopic (exact) mass is 397 g/mol. The molecular weight excluding hydrogens is 394 g/mol. The second kappa shape index (κ2) is 5.00. The maximum Gasteiger partial charge on any atom is 0.406 e. The summed E-state index contributed by atoms with van der Waals surface area (Å²) in [6, 6.07) is 4.89. The van der Waals surface area contributed by atoms with Crippen molar-refractivity contribution in [1.82, 2.24) is 14.5 Å². The van der Waals surface area contributed by atoms with E-state index in [2.05, 4.69) is 25.9 Å². The summed E-state index contributed by atoms with van der Waals surface area (Å²) in [6.45, 7) is -1.18. The molecule has 0 radical (unpaired) electrons. The second-order valence-electron chi connectivity index (χ2n) is 4.34. The van der Waals surface area contributed by atoms with Crippen LogP contribution in [0.5, 0.6) is 0 Å². The van der Waals surface area contributed by atoms with Gasteiger partial charge in [-0.1, -0.05) is 27.5 Å². The SMILES string of the molecule is FC(F)(F)Cn1c2ccc(Br)cc2c2nc(Cl)nc(Cl)c21. The summed E-state index contributed by atoms with van der Waals surface area (Å²) in [5.74, 6) is 0. The molecule has 9 heteroatoms. The predicted octanol–water partition coefficient (Wildman–Crippen LogP) is 5.22. The molecule has 0 bridgehead atoms. The lowest BCUT2D eigenvalue weighted by Crippen LogP contribution is -2.17. The van der Waals surface area contributed by atoms with Gasteiger partial charge < -0.3 is 4.57 Å². The lowest BCUT2D eigenvalue weighted by molar-refractivity contribution is -0.139. The smallest absolute Gasteiger partial charge is 0.327 e. The van der Waals surface area contributed by atoms with Gasteiger partial charge in [0.2, 0.25) is 5.28 Å². The third-order valence-electron chi connectivity index (χ3n) is 2.93. The van der Waals surface area contributed by atoms with Crippen LogP contribution in [0, 0.1) is 0 Å². The third-order valence-corrected chi connectivity index (χ3v) is 3.85. The highest BCUT2D eigenvalue weighted by molar-refractivity contribution is 9.10. The summed E-state index contributed by atoms with van der Waals surface area (Å²) in [7, 11) is 0. The summed E-state index contributed by atoms with van der Waals surface area (Å²) in [5, 5.41) is 0.301. The first-order chi connectivity index (χ1) is 9.76. The molecule has 3 nitrogen and oxygen atoms in total. The molecule has 0 unspecified atom stereocenters. The Morgan fingerprint density at radius 1 is 1.19 bits per heavy atom. The fraction of sp³-hybridized carbons (Fsp3) is 0.167. The molecule has 0 spiro atoms. The Kier molecular flexibility index (Phi) is 3.54. The number of hydrogen-bond acceptors (Lipinski definition) is 2. The minimum Gasteiger partial charge on any atom is -0.327 e. The van der Waals surface area contributed by atoms with Crippen LogP contribution in [-0.4, -0.2) is 20.7 Å². The summed E-state index contributed by atoms with van der Waals surface area (Å²) in [6.07, 6.45) is -4.39. The first-order valence-electron chi connectivity index (χ1n) is 5.63. The van der Waals surface area contributed by atoms with Crippen molar-refractivity contribution < 1.29 is 13.2 Å². The number of fused-ring (bicyclic) bond motifs is 3. The molecule has 0 aliphatic carbocycles. The molecule has 110 valence electrons. The van der Waals surface area contributed by atoms with Gasteiger partial charge in [-0.3, -0.25) is 0 Å². The van der Waals surface area contributed by atoms with Crippen LogP contribution in [0.2, 0.25) is 10.4 Å². The molecule has 0 amide bonds. The summed E-state index contributed by atoms with van der Waals surface area (Å²) in [4.78, 5) is 7.75. The molecule has 2 aromatic heterocycles. The van der Waals surface area contributed by atoms with Crippen LogP contribution in [0.25, 0.3) is 21.9 Å². The number of rotatable bonds is 1. The van der Waals surface area contributed by atoms with Crippen molar-refractivity contribution in [2.45, 2.75) is 12.7 Å². The molecule has 2 heterocycles. The van der Waals surface area contributed by atoms with Crippen LogP contribution < -0.4 is 0 Å². The Morgan fingerprint density at radius 3 is 2.57 bits per heavy atom. The third kappa shape index (κ3) is 2.69. The topological polar surface area (TPSA) is 30.7 Å².